The average Bonchev–Trinajstić information content (AvgIpc) is 3.26. The molecule has 1 amide bonds. The van der Waals surface area contributed by atoms with Crippen molar-refractivity contribution in [2.24, 2.45) is 4.99 Å². The van der Waals surface area contributed by atoms with E-state index in [9.17, 15) is 9.18 Å². The number of guanidine groups is 1. The molecule has 0 aromatic heterocycles. The predicted octanol–water partition coefficient (Wildman–Crippen LogP) is 3.27. The van der Waals surface area contributed by atoms with Gasteiger partial charge in [0.15, 0.2) is 5.96 Å². The molecule has 2 aliphatic rings. The van der Waals surface area contributed by atoms with Gasteiger partial charge in [-0.25, -0.2) is 4.39 Å². The summed E-state index contributed by atoms with van der Waals surface area (Å²) in [5, 5.41) is 6.50. The van der Waals surface area contributed by atoms with Gasteiger partial charge in [0.1, 0.15) is 5.82 Å². The van der Waals surface area contributed by atoms with E-state index in [1.807, 2.05) is 46.2 Å². The number of carbonyl (C=O) groups excluding carboxylic acids is 1. The third kappa shape index (κ3) is 6.57. The van der Waals surface area contributed by atoms with Crippen LogP contribution in [0, 0.1) is 5.82 Å². The molecule has 0 saturated carbocycles. The van der Waals surface area contributed by atoms with E-state index in [1.165, 1.54) is 0 Å². The number of morpholine rings is 1. The third-order valence-electron chi connectivity index (χ3n) is 5.83. The first-order valence-electron chi connectivity index (χ1n) is 11.1. The number of halogens is 2. The van der Waals surface area contributed by atoms with E-state index in [4.69, 9.17) is 4.74 Å². The van der Waals surface area contributed by atoms with Crippen LogP contribution in [-0.2, 0) is 22.6 Å². The number of hydrogen-bond acceptors (Lipinski definition) is 4. The van der Waals surface area contributed by atoms with Crippen molar-refractivity contribution >= 4 is 47.2 Å². The van der Waals surface area contributed by atoms with Crippen molar-refractivity contribution in [1.82, 2.24) is 10.6 Å². The first-order chi connectivity index (χ1) is 15.6. The molecule has 2 heterocycles. The minimum atomic E-state index is -0.217. The van der Waals surface area contributed by atoms with Crippen LogP contribution < -0.4 is 20.4 Å². The number of ether oxygens (including phenoxy) is 1. The molecule has 0 atom stereocenters. The number of amides is 1. The summed E-state index contributed by atoms with van der Waals surface area (Å²) < 4.78 is 19.9. The summed E-state index contributed by atoms with van der Waals surface area (Å²) in [4.78, 5) is 20.0. The number of benzene rings is 2. The predicted molar refractivity (Wildman–Crippen MR) is 140 cm³/mol. The summed E-state index contributed by atoms with van der Waals surface area (Å²) in [6, 6.07) is 13.3. The minimum Gasteiger partial charge on any atom is -0.378 e. The van der Waals surface area contributed by atoms with Gasteiger partial charge in [0.2, 0.25) is 5.91 Å². The summed E-state index contributed by atoms with van der Waals surface area (Å²) >= 11 is 0. The first kappa shape index (κ1) is 25.2. The second-order valence-corrected chi connectivity index (χ2v) is 7.98. The molecular weight excluding hydrogens is 536 g/mol. The van der Waals surface area contributed by atoms with E-state index >= 15 is 0 Å². The molecule has 0 spiro atoms. The van der Waals surface area contributed by atoms with E-state index in [2.05, 4.69) is 15.6 Å². The van der Waals surface area contributed by atoms with Crippen LogP contribution in [0.25, 0.3) is 0 Å². The second-order valence-electron chi connectivity index (χ2n) is 7.98. The summed E-state index contributed by atoms with van der Waals surface area (Å²) in [5.74, 6) is 0.613. The molecular formula is C24H31FIN5O2. The van der Waals surface area contributed by atoms with Crippen LogP contribution in [0.2, 0.25) is 0 Å². The molecule has 0 radical (unpaired) electrons. The van der Waals surface area contributed by atoms with Crippen molar-refractivity contribution in [2.45, 2.75) is 25.9 Å². The standard InChI is InChI=1S/C24H30FN5O2.HI/c1-26-24(27-16-18-4-7-20(8-5-18)30-10-2-3-23(30)31)28-17-19-6-9-22(21(25)15-19)29-11-13-32-14-12-29;/h4-9,15H,2-3,10-14,16-17H2,1H3,(H2,26,27,28);1H. The lowest BCUT2D eigenvalue weighted by molar-refractivity contribution is -0.117. The molecule has 7 nitrogen and oxygen atoms in total. The maximum atomic E-state index is 14.6. The van der Waals surface area contributed by atoms with Crippen LogP contribution in [0.4, 0.5) is 15.8 Å². The largest absolute Gasteiger partial charge is 0.378 e. The molecule has 2 aromatic rings. The Morgan fingerprint density at radius 2 is 1.70 bits per heavy atom. The number of nitrogens with one attached hydrogen (secondary N) is 2. The van der Waals surface area contributed by atoms with Crippen LogP contribution in [0.1, 0.15) is 24.0 Å². The van der Waals surface area contributed by atoms with Gasteiger partial charge < -0.3 is 25.2 Å². The Morgan fingerprint density at radius 1 is 1.03 bits per heavy atom. The van der Waals surface area contributed by atoms with Gasteiger partial charge >= 0.3 is 0 Å². The maximum Gasteiger partial charge on any atom is 0.227 e. The number of carbonyl (C=O) groups is 1. The lowest BCUT2D eigenvalue weighted by Gasteiger charge is -2.29. The highest BCUT2D eigenvalue weighted by Crippen LogP contribution is 2.22. The van der Waals surface area contributed by atoms with Gasteiger partial charge in [0.25, 0.3) is 0 Å². The van der Waals surface area contributed by atoms with Gasteiger partial charge in [-0.15, -0.1) is 24.0 Å². The van der Waals surface area contributed by atoms with Crippen molar-refractivity contribution in [1.29, 1.82) is 0 Å². The highest BCUT2D eigenvalue weighted by atomic mass is 127. The average molecular weight is 567 g/mol. The Hall–Kier alpha value is -2.40. The van der Waals surface area contributed by atoms with E-state index in [1.54, 1.807) is 13.1 Å². The first-order valence-corrected chi connectivity index (χ1v) is 11.1. The molecule has 2 aromatic carbocycles. The van der Waals surface area contributed by atoms with Crippen LogP contribution >= 0.6 is 24.0 Å². The molecule has 2 saturated heterocycles. The quantitative estimate of drug-likeness (QED) is 0.319. The van der Waals surface area contributed by atoms with Crippen molar-refractivity contribution in [3.05, 3.63) is 59.4 Å². The Labute approximate surface area is 211 Å². The number of anilines is 2. The summed E-state index contributed by atoms with van der Waals surface area (Å²) in [7, 11) is 1.71. The fourth-order valence-corrected chi connectivity index (χ4v) is 4.03. The number of hydrogen-bond donors (Lipinski definition) is 2. The maximum absolute atomic E-state index is 14.6. The van der Waals surface area contributed by atoms with Gasteiger partial charge in [0.05, 0.1) is 18.9 Å². The second kappa shape index (κ2) is 12.2. The lowest BCUT2D eigenvalue weighted by Crippen LogP contribution is -2.37. The zero-order chi connectivity index (χ0) is 22.3. The summed E-state index contributed by atoms with van der Waals surface area (Å²) in [6.07, 6.45) is 1.55. The Morgan fingerprint density at radius 3 is 2.30 bits per heavy atom. The SMILES string of the molecule is CN=C(NCc1ccc(N2CCCC2=O)cc1)NCc1ccc(N2CCOCC2)c(F)c1.I. The molecule has 2 fully saturated rings. The fraction of sp³-hybridized carbons (Fsp3) is 0.417. The Balaban J connectivity index is 0.00000306. The molecule has 0 bridgehead atoms. The monoisotopic (exact) mass is 567 g/mol. The van der Waals surface area contributed by atoms with Crippen molar-refractivity contribution in [3.8, 4) is 0 Å². The van der Waals surface area contributed by atoms with Crippen LogP contribution in [-0.4, -0.2) is 51.8 Å². The van der Waals surface area contributed by atoms with E-state index < -0.39 is 0 Å². The zero-order valence-electron chi connectivity index (χ0n) is 18.8. The van der Waals surface area contributed by atoms with Gasteiger partial charge in [-0.3, -0.25) is 9.79 Å². The van der Waals surface area contributed by atoms with Gasteiger partial charge in [-0.05, 0) is 41.8 Å². The molecule has 178 valence electrons. The summed E-state index contributed by atoms with van der Waals surface area (Å²) in [5.41, 5.74) is 3.51. The molecule has 2 aliphatic heterocycles. The minimum absolute atomic E-state index is 0. The lowest BCUT2D eigenvalue weighted by atomic mass is 10.1. The smallest absolute Gasteiger partial charge is 0.227 e. The number of aliphatic imine (C=N–C) groups is 1. The molecule has 0 unspecified atom stereocenters. The molecule has 4 rings (SSSR count). The number of rotatable bonds is 6. The van der Waals surface area contributed by atoms with E-state index in [0.29, 0.717) is 57.5 Å². The van der Waals surface area contributed by atoms with Crippen molar-refractivity contribution in [2.75, 3.05) is 49.7 Å². The molecule has 2 N–H and O–H groups in total. The van der Waals surface area contributed by atoms with Gasteiger partial charge in [0, 0.05) is 51.9 Å². The molecule has 9 heteroatoms. The van der Waals surface area contributed by atoms with Gasteiger partial charge in [-0.2, -0.15) is 0 Å². The van der Waals surface area contributed by atoms with Gasteiger partial charge in [-0.1, -0.05) is 18.2 Å². The fourth-order valence-electron chi connectivity index (χ4n) is 4.03. The van der Waals surface area contributed by atoms with Crippen molar-refractivity contribution in [3.63, 3.8) is 0 Å². The van der Waals surface area contributed by atoms with Crippen LogP contribution in [0.5, 0.6) is 0 Å². The zero-order valence-corrected chi connectivity index (χ0v) is 21.2. The topological polar surface area (TPSA) is 69.2 Å². The summed E-state index contributed by atoms with van der Waals surface area (Å²) in [6.45, 7) is 4.53. The highest BCUT2D eigenvalue weighted by Gasteiger charge is 2.21. The number of nitrogens with zero attached hydrogens (tertiary/aromatic N) is 3. The molecule has 33 heavy (non-hydrogen) atoms. The van der Waals surface area contributed by atoms with Crippen LogP contribution in [0.3, 0.4) is 0 Å². The Kier molecular flexibility index (Phi) is 9.30. The van der Waals surface area contributed by atoms with Crippen LogP contribution in [0.15, 0.2) is 47.5 Å². The molecule has 0 aliphatic carbocycles. The Bertz CT molecular complexity index is 964. The normalized spacial score (nSPS) is 16.5. The van der Waals surface area contributed by atoms with E-state index in [-0.39, 0.29) is 35.7 Å². The highest BCUT2D eigenvalue weighted by molar-refractivity contribution is 14.0. The van der Waals surface area contributed by atoms with Crippen molar-refractivity contribution < 1.29 is 13.9 Å². The van der Waals surface area contributed by atoms with E-state index in [0.717, 1.165) is 29.8 Å². The third-order valence-corrected chi connectivity index (χ3v) is 5.83.